The normalized spacial score (nSPS) is 10.2. The molecule has 0 bridgehead atoms. The van der Waals surface area contributed by atoms with Crippen molar-refractivity contribution in [3.63, 3.8) is 0 Å². The van der Waals surface area contributed by atoms with Gasteiger partial charge in [0.1, 0.15) is 5.75 Å². The highest BCUT2D eigenvalue weighted by Crippen LogP contribution is 2.17. The van der Waals surface area contributed by atoms with Gasteiger partial charge in [-0.3, -0.25) is 14.4 Å². The lowest BCUT2D eigenvalue weighted by molar-refractivity contribution is -0.130. The predicted molar refractivity (Wildman–Crippen MR) is 119 cm³/mol. The molecule has 0 saturated carbocycles. The molecule has 154 valence electrons. The highest BCUT2D eigenvalue weighted by atomic mass is 79.9. The van der Waals surface area contributed by atoms with Crippen molar-refractivity contribution in [2.75, 3.05) is 42.8 Å². The van der Waals surface area contributed by atoms with Crippen molar-refractivity contribution >= 4 is 56.8 Å². The molecule has 7 nitrogen and oxygen atoms in total. The maximum atomic E-state index is 12.0. The van der Waals surface area contributed by atoms with Crippen LogP contribution in [0.15, 0.2) is 53.0 Å². The van der Waals surface area contributed by atoms with Gasteiger partial charge in [-0.1, -0.05) is 22.0 Å². The molecule has 0 aliphatic heterocycles. The summed E-state index contributed by atoms with van der Waals surface area (Å²) < 4.78 is 6.26. The number of rotatable bonds is 9. The Balaban J connectivity index is 1.69. The topological polar surface area (TPSA) is 87.7 Å². The van der Waals surface area contributed by atoms with Crippen LogP contribution in [0.5, 0.6) is 5.75 Å². The first-order valence-electron chi connectivity index (χ1n) is 8.69. The van der Waals surface area contributed by atoms with E-state index < -0.39 is 0 Å². The number of nitrogens with one attached hydrogen (secondary N) is 2. The third-order valence-electron chi connectivity index (χ3n) is 3.57. The summed E-state index contributed by atoms with van der Waals surface area (Å²) >= 11 is 4.57. The Kier molecular flexibility index (Phi) is 9.01. The van der Waals surface area contributed by atoms with Crippen molar-refractivity contribution in [3.05, 3.63) is 53.0 Å². The molecule has 2 N–H and O–H groups in total. The number of likely N-dealkylation sites (N-methyl/N-ethyl adjacent to an activating group) is 1. The fourth-order valence-corrected chi connectivity index (χ4v) is 3.12. The summed E-state index contributed by atoms with van der Waals surface area (Å²) in [5.41, 5.74) is 1.31. The van der Waals surface area contributed by atoms with Crippen molar-refractivity contribution in [2.24, 2.45) is 0 Å². The first-order valence-corrected chi connectivity index (χ1v) is 10.6. The van der Waals surface area contributed by atoms with Gasteiger partial charge in [0.2, 0.25) is 11.8 Å². The van der Waals surface area contributed by atoms with Crippen LogP contribution in [-0.2, 0) is 14.4 Å². The van der Waals surface area contributed by atoms with Crippen LogP contribution in [0, 0.1) is 0 Å². The van der Waals surface area contributed by atoms with Crippen LogP contribution in [-0.4, -0.2) is 54.8 Å². The first-order chi connectivity index (χ1) is 13.8. The van der Waals surface area contributed by atoms with Crippen LogP contribution in [0.2, 0.25) is 0 Å². The van der Waals surface area contributed by atoms with Crippen molar-refractivity contribution in [1.29, 1.82) is 0 Å². The molecule has 0 radical (unpaired) electrons. The van der Waals surface area contributed by atoms with Crippen LogP contribution in [0.3, 0.4) is 0 Å². The lowest BCUT2D eigenvalue weighted by atomic mass is 10.3. The van der Waals surface area contributed by atoms with Gasteiger partial charge >= 0.3 is 0 Å². The Morgan fingerprint density at radius 1 is 0.966 bits per heavy atom. The second-order valence-corrected chi connectivity index (χ2v) is 8.10. The van der Waals surface area contributed by atoms with E-state index >= 15 is 0 Å². The van der Waals surface area contributed by atoms with Gasteiger partial charge < -0.3 is 20.3 Å². The van der Waals surface area contributed by atoms with Crippen LogP contribution in [0.25, 0.3) is 0 Å². The minimum atomic E-state index is -0.207. The number of ether oxygens (including phenoxy) is 1. The van der Waals surface area contributed by atoms with Crippen LogP contribution < -0.4 is 15.4 Å². The Morgan fingerprint density at radius 2 is 1.59 bits per heavy atom. The van der Waals surface area contributed by atoms with Gasteiger partial charge in [0.15, 0.2) is 6.61 Å². The average Bonchev–Trinajstić information content (AvgIpc) is 2.67. The van der Waals surface area contributed by atoms with Crippen molar-refractivity contribution < 1.29 is 19.1 Å². The van der Waals surface area contributed by atoms with E-state index in [2.05, 4.69) is 26.6 Å². The minimum Gasteiger partial charge on any atom is -0.484 e. The van der Waals surface area contributed by atoms with E-state index in [0.717, 1.165) is 4.47 Å². The number of nitrogens with zero attached hydrogens (tertiary/aromatic N) is 1. The number of carbonyl (C=O) groups is 3. The molecule has 0 unspecified atom stereocenters. The van der Waals surface area contributed by atoms with Gasteiger partial charge in [0.05, 0.1) is 11.5 Å². The van der Waals surface area contributed by atoms with E-state index in [-0.39, 0.29) is 35.8 Å². The number of halogens is 1. The molecule has 29 heavy (non-hydrogen) atoms. The Labute approximate surface area is 182 Å². The van der Waals surface area contributed by atoms with Gasteiger partial charge in [-0.05, 0) is 42.5 Å². The van der Waals surface area contributed by atoms with Gasteiger partial charge in [-0.2, -0.15) is 0 Å². The minimum absolute atomic E-state index is 0.0443. The summed E-state index contributed by atoms with van der Waals surface area (Å²) in [6, 6.07) is 14.0. The molecule has 0 atom stereocenters. The standard InChI is InChI=1S/C20H22BrN3O4S/c1-24(2)20(27)11-28-17-8-6-15(7-9-17)22-18(25)12-29-13-19(26)23-16-5-3-4-14(21)10-16/h3-10H,11-13H2,1-2H3,(H,22,25)(H,23,26). The smallest absolute Gasteiger partial charge is 0.259 e. The quantitative estimate of drug-likeness (QED) is 0.576. The third-order valence-corrected chi connectivity index (χ3v) is 5.00. The van der Waals surface area contributed by atoms with E-state index in [4.69, 9.17) is 4.74 Å². The van der Waals surface area contributed by atoms with Crippen LogP contribution in [0.4, 0.5) is 11.4 Å². The van der Waals surface area contributed by atoms with E-state index in [9.17, 15) is 14.4 Å². The fourth-order valence-electron chi connectivity index (χ4n) is 2.11. The second kappa shape index (κ2) is 11.5. The molecule has 0 spiro atoms. The highest BCUT2D eigenvalue weighted by molar-refractivity contribution is 9.10. The van der Waals surface area contributed by atoms with Crippen molar-refractivity contribution in [2.45, 2.75) is 0 Å². The highest BCUT2D eigenvalue weighted by Gasteiger charge is 2.08. The molecule has 2 aromatic carbocycles. The molecule has 3 amide bonds. The summed E-state index contributed by atoms with van der Waals surface area (Å²) in [6.45, 7) is -0.0443. The molecule has 9 heteroatoms. The molecule has 0 aliphatic carbocycles. The number of carbonyl (C=O) groups excluding carboxylic acids is 3. The monoisotopic (exact) mass is 479 g/mol. The fraction of sp³-hybridized carbons (Fsp3) is 0.250. The second-order valence-electron chi connectivity index (χ2n) is 6.20. The van der Waals surface area contributed by atoms with Crippen molar-refractivity contribution in [3.8, 4) is 5.75 Å². The van der Waals surface area contributed by atoms with Gasteiger partial charge in [-0.15, -0.1) is 11.8 Å². The van der Waals surface area contributed by atoms with Gasteiger partial charge in [0.25, 0.3) is 5.91 Å². The molecular weight excluding hydrogens is 458 g/mol. The van der Waals surface area contributed by atoms with Gasteiger partial charge in [-0.25, -0.2) is 0 Å². The SMILES string of the molecule is CN(C)C(=O)COc1ccc(NC(=O)CSCC(=O)Nc2cccc(Br)c2)cc1. The van der Waals surface area contributed by atoms with Gasteiger partial charge in [0, 0.05) is 29.9 Å². The molecule has 0 aliphatic rings. The summed E-state index contributed by atoms with van der Waals surface area (Å²) in [6.07, 6.45) is 0. The maximum Gasteiger partial charge on any atom is 0.259 e. The van der Waals surface area contributed by atoms with E-state index in [0.29, 0.717) is 17.1 Å². The largest absolute Gasteiger partial charge is 0.484 e. The summed E-state index contributed by atoms with van der Waals surface area (Å²) in [4.78, 5) is 36.9. The maximum absolute atomic E-state index is 12.0. The molecule has 0 fully saturated rings. The zero-order chi connectivity index (χ0) is 21.2. The Morgan fingerprint density at radius 3 is 2.17 bits per heavy atom. The molecule has 0 heterocycles. The van der Waals surface area contributed by atoms with Crippen molar-refractivity contribution in [1.82, 2.24) is 4.90 Å². The number of hydrogen-bond donors (Lipinski definition) is 2. The Bertz CT molecular complexity index is 859. The summed E-state index contributed by atoms with van der Waals surface area (Å²) in [7, 11) is 3.32. The zero-order valence-corrected chi connectivity index (χ0v) is 18.5. The van der Waals surface area contributed by atoms with E-state index in [1.807, 2.05) is 12.1 Å². The molecule has 2 rings (SSSR count). The van der Waals surface area contributed by atoms with Crippen LogP contribution in [0.1, 0.15) is 0 Å². The molecule has 2 aromatic rings. The van der Waals surface area contributed by atoms with E-state index in [1.54, 1.807) is 50.5 Å². The number of hydrogen-bond acceptors (Lipinski definition) is 5. The lowest BCUT2D eigenvalue weighted by Crippen LogP contribution is -2.27. The molecule has 0 saturated heterocycles. The summed E-state index contributed by atoms with van der Waals surface area (Å²) in [5.74, 6) is 0.352. The van der Waals surface area contributed by atoms with E-state index in [1.165, 1.54) is 16.7 Å². The average molecular weight is 480 g/mol. The number of benzene rings is 2. The zero-order valence-electron chi connectivity index (χ0n) is 16.1. The summed E-state index contributed by atoms with van der Waals surface area (Å²) in [5, 5.41) is 5.53. The number of anilines is 2. The molecular formula is C20H22BrN3O4S. The Hall–Kier alpha value is -2.52. The third kappa shape index (κ3) is 8.57. The number of thioether (sulfide) groups is 1. The predicted octanol–water partition coefficient (Wildman–Crippen LogP) is 3.23. The lowest BCUT2D eigenvalue weighted by Gasteiger charge is -2.11. The number of amides is 3. The first kappa shape index (κ1) is 22.8. The van der Waals surface area contributed by atoms with Crippen LogP contribution >= 0.6 is 27.7 Å². The molecule has 0 aromatic heterocycles.